The lowest BCUT2D eigenvalue weighted by atomic mass is 10.1. The Morgan fingerprint density at radius 2 is 0.922 bits per heavy atom. The van der Waals surface area contributed by atoms with Gasteiger partial charge in [0, 0.05) is 29.3 Å². The van der Waals surface area contributed by atoms with Crippen molar-refractivity contribution in [3.05, 3.63) is 145 Å². The third-order valence-electron chi connectivity index (χ3n) is 10.3. The summed E-state index contributed by atoms with van der Waals surface area (Å²) in [5.41, 5.74) is 6.08. The van der Waals surface area contributed by atoms with Crippen LogP contribution in [0.15, 0.2) is 129 Å². The number of nitriles is 1. The molecule has 0 aliphatic carbocycles. The third kappa shape index (κ3) is 17.4. The molecule has 0 fully saturated rings. The number of benzene rings is 3. The zero-order valence-corrected chi connectivity index (χ0v) is 36.7. The maximum Gasteiger partial charge on any atom is 0.330 e. The van der Waals surface area contributed by atoms with Gasteiger partial charge in [-0.25, -0.2) is 9.59 Å². The van der Waals surface area contributed by atoms with Gasteiger partial charge in [-0.1, -0.05) is 113 Å². The largest absolute Gasteiger partial charge is 0.492 e. The monoisotopic (exact) mass is 865 g/mol. The molecule has 5 rings (SSSR count). The normalized spacial score (nSPS) is 10.6. The number of rotatable bonds is 30. The summed E-state index contributed by atoms with van der Waals surface area (Å²) in [4.78, 5) is 31.4. The fourth-order valence-corrected chi connectivity index (χ4v) is 6.61. The highest BCUT2D eigenvalue weighted by atomic mass is 16.5. The molecule has 3 aromatic carbocycles. The second-order valence-corrected chi connectivity index (χ2v) is 15.2. The quantitative estimate of drug-likeness (QED) is 0.0247. The molecule has 0 aliphatic heterocycles. The number of aromatic nitrogens is 2. The van der Waals surface area contributed by atoms with Gasteiger partial charge in [0.05, 0.1) is 61.8 Å². The van der Waals surface area contributed by atoms with Crippen LogP contribution in [-0.2, 0) is 32.3 Å². The van der Waals surface area contributed by atoms with Crippen molar-refractivity contribution in [3.8, 4) is 51.6 Å². The molecule has 2 heterocycles. The Labute approximate surface area is 377 Å². The lowest BCUT2D eigenvalue weighted by Gasteiger charge is -2.14. The van der Waals surface area contributed by atoms with E-state index in [0.717, 1.165) is 122 Å². The molecule has 0 N–H and O–H groups in total. The van der Waals surface area contributed by atoms with Crippen molar-refractivity contribution in [2.24, 2.45) is 0 Å². The van der Waals surface area contributed by atoms with E-state index in [2.05, 4.69) is 29.2 Å². The van der Waals surface area contributed by atoms with E-state index in [-0.39, 0.29) is 11.9 Å². The Morgan fingerprint density at radius 3 is 1.33 bits per heavy atom. The number of ether oxygens (including phenoxy) is 6. The highest BCUT2D eigenvalue weighted by molar-refractivity contribution is 5.81. The Balaban J connectivity index is 0.999. The van der Waals surface area contributed by atoms with Crippen LogP contribution in [0.3, 0.4) is 0 Å². The Bertz CT molecular complexity index is 2220. The Morgan fingerprint density at radius 1 is 0.500 bits per heavy atom. The van der Waals surface area contributed by atoms with E-state index in [9.17, 15) is 14.9 Å². The van der Waals surface area contributed by atoms with E-state index in [0.29, 0.717) is 56.7 Å². The molecule has 0 saturated heterocycles. The molecule has 11 heteroatoms. The van der Waals surface area contributed by atoms with E-state index >= 15 is 0 Å². The van der Waals surface area contributed by atoms with Gasteiger partial charge < -0.3 is 28.4 Å². The minimum absolute atomic E-state index is 0.293. The highest BCUT2D eigenvalue weighted by Gasteiger charge is 2.10. The molecule has 0 unspecified atom stereocenters. The molecule has 0 saturated carbocycles. The van der Waals surface area contributed by atoms with Gasteiger partial charge in [0.15, 0.2) is 11.5 Å². The van der Waals surface area contributed by atoms with Crippen LogP contribution in [0.25, 0.3) is 22.5 Å². The third-order valence-corrected chi connectivity index (χ3v) is 10.3. The van der Waals surface area contributed by atoms with E-state index in [1.54, 1.807) is 30.6 Å². The molecule has 0 atom stereocenters. The van der Waals surface area contributed by atoms with Gasteiger partial charge in [-0.2, -0.15) is 5.26 Å². The number of unbranched alkanes of at least 4 members (excludes halogenated alkanes) is 10. The van der Waals surface area contributed by atoms with Gasteiger partial charge in [-0.3, -0.25) is 9.97 Å². The van der Waals surface area contributed by atoms with E-state index in [1.165, 1.54) is 12.2 Å². The van der Waals surface area contributed by atoms with Crippen molar-refractivity contribution in [2.45, 2.75) is 90.3 Å². The Kier molecular flexibility index (Phi) is 21.0. The first-order chi connectivity index (χ1) is 31.4. The van der Waals surface area contributed by atoms with Gasteiger partial charge in [0.2, 0.25) is 0 Å². The van der Waals surface area contributed by atoms with Crippen LogP contribution < -0.4 is 18.9 Å². The summed E-state index contributed by atoms with van der Waals surface area (Å²) in [7, 11) is 0. The fraction of sp³-hybridized carbons (Fsp3) is 0.340. The minimum atomic E-state index is -0.364. The second kappa shape index (κ2) is 27.9. The minimum Gasteiger partial charge on any atom is -0.492 e. The molecule has 0 amide bonds. The molecule has 0 aliphatic rings. The Hall–Kier alpha value is -6.93. The van der Waals surface area contributed by atoms with Crippen LogP contribution in [0.4, 0.5) is 0 Å². The molecule has 334 valence electrons. The van der Waals surface area contributed by atoms with Crippen molar-refractivity contribution in [1.29, 1.82) is 5.26 Å². The molecule has 11 nitrogen and oxygen atoms in total. The van der Waals surface area contributed by atoms with E-state index in [4.69, 9.17) is 28.4 Å². The molecule has 5 aromatic rings. The number of pyridine rings is 2. The van der Waals surface area contributed by atoms with Gasteiger partial charge in [-0.05, 0) is 73.2 Å². The second-order valence-electron chi connectivity index (χ2n) is 15.2. The van der Waals surface area contributed by atoms with Crippen molar-refractivity contribution < 1.29 is 38.0 Å². The first kappa shape index (κ1) is 48.1. The van der Waals surface area contributed by atoms with E-state index in [1.807, 2.05) is 72.8 Å². The molecule has 2 aromatic heterocycles. The zero-order chi connectivity index (χ0) is 45.0. The predicted octanol–water partition coefficient (Wildman–Crippen LogP) is 11.7. The summed E-state index contributed by atoms with van der Waals surface area (Å²) in [6, 6.07) is 31.3. The lowest BCUT2D eigenvalue weighted by molar-refractivity contribution is -0.138. The zero-order valence-electron chi connectivity index (χ0n) is 36.7. The fourth-order valence-electron chi connectivity index (χ4n) is 6.61. The molecular formula is C53H59N3O8. The van der Waals surface area contributed by atoms with Crippen LogP contribution in [0.1, 0.15) is 93.7 Å². The van der Waals surface area contributed by atoms with Gasteiger partial charge in [0.1, 0.15) is 24.7 Å². The molecule has 0 bridgehead atoms. The van der Waals surface area contributed by atoms with Crippen molar-refractivity contribution in [3.63, 3.8) is 0 Å². The summed E-state index contributed by atoms with van der Waals surface area (Å²) in [5.74, 6) is 1.80. The number of carbonyl (C=O) groups excluding carboxylic acids is 2. The maximum atomic E-state index is 11.1. The van der Waals surface area contributed by atoms with Crippen LogP contribution in [-0.4, -0.2) is 48.3 Å². The highest BCUT2D eigenvalue weighted by Crippen LogP contribution is 2.31. The van der Waals surface area contributed by atoms with Crippen molar-refractivity contribution in [1.82, 2.24) is 9.97 Å². The molecule has 64 heavy (non-hydrogen) atoms. The predicted molar refractivity (Wildman–Crippen MR) is 248 cm³/mol. The molecular weight excluding hydrogens is 807 g/mol. The summed E-state index contributed by atoms with van der Waals surface area (Å²) in [6.45, 7) is 9.59. The topological polar surface area (TPSA) is 139 Å². The van der Waals surface area contributed by atoms with Crippen LogP contribution >= 0.6 is 0 Å². The molecule has 0 radical (unpaired) electrons. The number of carbonyl (C=O) groups is 2. The van der Waals surface area contributed by atoms with Crippen LogP contribution in [0.5, 0.6) is 23.0 Å². The number of esters is 2. The lowest BCUT2D eigenvalue weighted by Crippen LogP contribution is -2.01. The summed E-state index contributed by atoms with van der Waals surface area (Å²) < 4.78 is 34.2. The van der Waals surface area contributed by atoms with E-state index < -0.39 is 0 Å². The number of hydrogen-bond acceptors (Lipinski definition) is 11. The summed E-state index contributed by atoms with van der Waals surface area (Å²) >= 11 is 0. The van der Waals surface area contributed by atoms with Gasteiger partial charge >= 0.3 is 11.9 Å². The first-order valence-corrected chi connectivity index (χ1v) is 22.2. The number of nitrogens with zero attached hydrogens (tertiary/aromatic N) is 3. The van der Waals surface area contributed by atoms with Gasteiger partial charge in [-0.15, -0.1) is 0 Å². The van der Waals surface area contributed by atoms with Crippen molar-refractivity contribution >= 4 is 11.9 Å². The number of hydrogen-bond donors (Lipinski definition) is 0. The average Bonchev–Trinajstić information content (AvgIpc) is 3.34. The molecule has 0 spiro atoms. The van der Waals surface area contributed by atoms with Crippen LogP contribution in [0.2, 0.25) is 0 Å². The smallest absolute Gasteiger partial charge is 0.330 e. The maximum absolute atomic E-state index is 11.1. The standard InChI is InChI=1S/C53H59N3O8/c1-3-52(57)61-33-15-11-7-5-9-13-31-59-46-26-28-48(55-37-46)44-22-17-41(18-23-44)39-63-50-30-21-43(36-54)35-51(50)64-40-42-19-24-45(25-20-42)49-29-27-47(38-56-49)60-32-14-10-6-8-12-16-34-62-53(58)4-2/h3-4,17-30,35,37-38H,1-2,5-16,31-34,39-40H2. The first-order valence-electron chi connectivity index (χ1n) is 22.2. The van der Waals surface area contributed by atoms with Gasteiger partial charge in [0.25, 0.3) is 0 Å². The summed E-state index contributed by atoms with van der Waals surface area (Å²) in [5, 5.41) is 9.57. The average molecular weight is 866 g/mol. The summed E-state index contributed by atoms with van der Waals surface area (Å²) in [6.07, 6.45) is 18.3. The van der Waals surface area contributed by atoms with Crippen molar-refractivity contribution in [2.75, 3.05) is 26.4 Å². The SMILES string of the molecule is C=CC(=O)OCCCCCCCCOc1ccc(-c2ccc(COc3ccc(C#N)cc3OCc3ccc(-c4ccc(OCCCCCCCCOC(=O)C=C)cn4)cc3)cc2)nc1. The van der Waals surface area contributed by atoms with Crippen LogP contribution in [0, 0.1) is 11.3 Å².